The number of carbonyl (C=O) groups excluding carboxylic acids is 1. The molecule has 0 atom stereocenters. The van der Waals surface area contributed by atoms with Crippen molar-refractivity contribution in [2.24, 2.45) is 0 Å². The van der Waals surface area contributed by atoms with Gasteiger partial charge in [0.15, 0.2) is 22.1 Å². The van der Waals surface area contributed by atoms with Crippen LogP contribution in [0.5, 0.6) is 5.75 Å². The molecule has 2 heterocycles. The van der Waals surface area contributed by atoms with Gasteiger partial charge in [0.05, 0.1) is 17.2 Å². The van der Waals surface area contributed by atoms with Crippen molar-refractivity contribution in [1.82, 2.24) is 15.3 Å². The highest BCUT2D eigenvalue weighted by Crippen LogP contribution is 2.34. The number of rotatable bonds is 4. The van der Waals surface area contributed by atoms with E-state index in [1.807, 2.05) is 25.1 Å². The standard InChI is InChI=1S/C22H16Cl2N4O3S/c1-11-13(21-27-19-17(31-21)7-4-8-25-19)5-3-6-16(11)26-22(32)28-20(29)12-9-14(23)18(30-2)15(24)10-12/h3-10H,1-2H3,(H2,26,28,29,32). The third kappa shape index (κ3) is 4.38. The predicted molar refractivity (Wildman–Crippen MR) is 129 cm³/mol. The number of hydrogen-bond acceptors (Lipinski definition) is 6. The third-order valence-electron chi connectivity index (χ3n) is 4.67. The molecule has 162 valence electrons. The van der Waals surface area contributed by atoms with E-state index in [4.69, 9.17) is 44.6 Å². The second-order valence-corrected chi connectivity index (χ2v) is 7.93. The van der Waals surface area contributed by atoms with E-state index in [9.17, 15) is 4.79 Å². The Labute approximate surface area is 198 Å². The summed E-state index contributed by atoms with van der Waals surface area (Å²) in [6, 6.07) is 12.0. The zero-order chi connectivity index (χ0) is 22.8. The number of methoxy groups -OCH3 is 1. The van der Waals surface area contributed by atoms with Gasteiger partial charge < -0.3 is 14.5 Å². The highest BCUT2D eigenvalue weighted by atomic mass is 35.5. The maximum atomic E-state index is 12.6. The van der Waals surface area contributed by atoms with Gasteiger partial charge in [-0.15, -0.1) is 0 Å². The predicted octanol–water partition coefficient (Wildman–Crippen LogP) is 5.64. The summed E-state index contributed by atoms with van der Waals surface area (Å²) in [6.45, 7) is 1.90. The minimum Gasteiger partial charge on any atom is -0.494 e. The molecular formula is C22H16Cl2N4O3S. The summed E-state index contributed by atoms with van der Waals surface area (Å²) in [4.78, 5) is 21.2. The number of aromatic nitrogens is 2. The Hall–Kier alpha value is -3.20. The monoisotopic (exact) mass is 486 g/mol. The lowest BCUT2D eigenvalue weighted by Crippen LogP contribution is -2.34. The fourth-order valence-electron chi connectivity index (χ4n) is 3.10. The van der Waals surface area contributed by atoms with Crippen LogP contribution >= 0.6 is 35.4 Å². The second kappa shape index (κ2) is 9.12. The molecule has 4 aromatic rings. The molecule has 0 unspecified atom stereocenters. The number of carbonyl (C=O) groups is 1. The fraction of sp³-hybridized carbons (Fsp3) is 0.0909. The first-order valence-corrected chi connectivity index (χ1v) is 10.5. The first-order chi connectivity index (χ1) is 15.4. The zero-order valence-electron chi connectivity index (χ0n) is 16.9. The van der Waals surface area contributed by atoms with Gasteiger partial charge in [-0.2, -0.15) is 4.98 Å². The number of nitrogens with one attached hydrogen (secondary N) is 2. The van der Waals surface area contributed by atoms with Gasteiger partial charge in [0.2, 0.25) is 5.89 Å². The number of amides is 1. The van der Waals surface area contributed by atoms with Crippen LogP contribution in [0.2, 0.25) is 10.0 Å². The van der Waals surface area contributed by atoms with Gasteiger partial charge >= 0.3 is 0 Å². The van der Waals surface area contributed by atoms with Crippen molar-refractivity contribution in [2.45, 2.75) is 6.92 Å². The summed E-state index contributed by atoms with van der Waals surface area (Å²) >= 11 is 17.5. The topological polar surface area (TPSA) is 89.3 Å². The minimum atomic E-state index is -0.465. The van der Waals surface area contributed by atoms with Crippen LogP contribution in [-0.4, -0.2) is 28.1 Å². The number of oxazole rings is 1. The van der Waals surface area contributed by atoms with Gasteiger partial charge in [-0.05, 0) is 61.1 Å². The Morgan fingerprint density at radius 1 is 1.16 bits per heavy atom. The summed E-state index contributed by atoms with van der Waals surface area (Å²) in [7, 11) is 1.44. The number of ether oxygens (including phenoxy) is 1. The maximum absolute atomic E-state index is 12.6. The Morgan fingerprint density at radius 3 is 2.59 bits per heavy atom. The van der Waals surface area contributed by atoms with E-state index < -0.39 is 5.91 Å². The van der Waals surface area contributed by atoms with E-state index in [0.717, 1.165) is 11.1 Å². The van der Waals surface area contributed by atoms with Crippen molar-refractivity contribution >= 4 is 63.4 Å². The van der Waals surface area contributed by atoms with E-state index in [1.54, 1.807) is 18.3 Å². The fourth-order valence-corrected chi connectivity index (χ4v) is 3.95. The van der Waals surface area contributed by atoms with Gasteiger partial charge in [-0.25, -0.2) is 4.98 Å². The third-order valence-corrected chi connectivity index (χ3v) is 5.43. The lowest BCUT2D eigenvalue weighted by molar-refractivity contribution is 0.0977. The highest BCUT2D eigenvalue weighted by molar-refractivity contribution is 7.80. The van der Waals surface area contributed by atoms with Crippen LogP contribution < -0.4 is 15.4 Å². The molecule has 2 aromatic carbocycles. The van der Waals surface area contributed by atoms with E-state index >= 15 is 0 Å². The minimum absolute atomic E-state index is 0.109. The van der Waals surface area contributed by atoms with E-state index in [0.29, 0.717) is 28.6 Å². The SMILES string of the molecule is COc1c(Cl)cc(C(=O)NC(=S)Nc2cccc(-c3nc4ncccc4o3)c2C)cc1Cl. The number of pyridine rings is 1. The summed E-state index contributed by atoms with van der Waals surface area (Å²) in [6.07, 6.45) is 1.66. The quantitative estimate of drug-likeness (QED) is 0.360. The normalized spacial score (nSPS) is 10.8. The molecule has 32 heavy (non-hydrogen) atoms. The number of nitrogens with zero attached hydrogens (tertiary/aromatic N) is 2. The van der Waals surface area contributed by atoms with E-state index in [2.05, 4.69) is 20.6 Å². The van der Waals surface area contributed by atoms with Crippen molar-refractivity contribution in [2.75, 3.05) is 12.4 Å². The first kappa shape index (κ1) is 22.0. The van der Waals surface area contributed by atoms with Crippen LogP contribution in [0.3, 0.4) is 0 Å². The molecule has 4 rings (SSSR count). The second-order valence-electron chi connectivity index (χ2n) is 6.70. The molecule has 2 N–H and O–H groups in total. The number of halogens is 2. The van der Waals surface area contributed by atoms with Crippen LogP contribution in [0.15, 0.2) is 53.1 Å². The molecule has 0 aliphatic carbocycles. The lowest BCUT2D eigenvalue weighted by atomic mass is 10.1. The first-order valence-electron chi connectivity index (χ1n) is 9.34. The molecule has 0 saturated heterocycles. The molecule has 0 radical (unpaired) electrons. The largest absolute Gasteiger partial charge is 0.494 e. The molecule has 0 fully saturated rings. The number of benzene rings is 2. The van der Waals surface area contributed by atoms with E-state index in [-0.39, 0.29) is 20.7 Å². The molecular weight excluding hydrogens is 471 g/mol. The van der Waals surface area contributed by atoms with Crippen LogP contribution in [0.4, 0.5) is 5.69 Å². The molecule has 2 aromatic heterocycles. The van der Waals surface area contributed by atoms with Gasteiger partial charge in [0.1, 0.15) is 0 Å². The molecule has 0 spiro atoms. The van der Waals surface area contributed by atoms with Crippen molar-refractivity contribution in [1.29, 1.82) is 0 Å². The summed E-state index contributed by atoms with van der Waals surface area (Å²) in [5, 5.41) is 6.20. The highest BCUT2D eigenvalue weighted by Gasteiger charge is 2.16. The number of anilines is 1. The summed E-state index contributed by atoms with van der Waals surface area (Å²) in [5.74, 6) is 0.275. The Bertz CT molecular complexity index is 1300. The van der Waals surface area contributed by atoms with Gasteiger partial charge in [0, 0.05) is 23.0 Å². The number of hydrogen-bond donors (Lipinski definition) is 2. The van der Waals surface area contributed by atoms with Crippen LogP contribution in [-0.2, 0) is 0 Å². The Morgan fingerprint density at radius 2 is 1.91 bits per heavy atom. The molecule has 0 bridgehead atoms. The average molecular weight is 487 g/mol. The molecule has 0 aliphatic rings. The molecule has 0 aliphatic heterocycles. The number of fused-ring (bicyclic) bond motifs is 1. The zero-order valence-corrected chi connectivity index (χ0v) is 19.2. The van der Waals surface area contributed by atoms with Crippen molar-refractivity contribution in [3.05, 3.63) is 69.8 Å². The molecule has 10 heteroatoms. The van der Waals surface area contributed by atoms with Gasteiger partial charge in [0.25, 0.3) is 5.91 Å². The maximum Gasteiger partial charge on any atom is 0.257 e. The molecule has 0 saturated carbocycles. The van der Waals surface area contributed by atoms with Crippen LogP contribution in [0.1, 0.15) is 15.9 Å². The summed E-state index contributed by atoms with van der Waals surface area (Å²) < 4.78 is 10.9. The van der Waals surface area contributed by atoms with Crippen molar-refractivity contribution in [3.8, 4) is 17.2 Å². The molecule has 7 nitrogen and oxygen atoms in total. The number of thiocarbonyl (C=S) groups is 1. The van der Waals surface area contributed by atoms with Crippen molar-refractivity contribution < 1.29 is 13.9 Å². The lowest BCUT2D eigenvalue weighted by Gasteiger charge is -2.14. The van der Waals surface area contributed by atoms with Crippen molar-refractivity contribution in [3.63, 3.8) is 0 Å². The van der Waals surface area contributed by atoms with E-state index in [1.165, 1.54) is 19.2 Å². The van der Waals surface area contributed by atoms with Crippen LogP contribution in [0.25, 0.3) is 22.7 Å². The molecule has 1 amide bonds. The Balaban J connectivity index is 1.52. The smallest absolute Gasteiger partial charge is 0.257 e. The van der Waals surface area contributed by atoms with Gasteiger partial charge in [-0.1, -0.05) is 29.3 Å². The summed E-state index contributed by atoms with van der Waals surface area (Å²) in [5.41, 5.74) is 3.67. The average Bonchev–Trinajstić information content (AvgIpc) is 3.19. The van der Waals surface area contributed by atoms with Gasteiger partial charge in [-0.3, -0.25) is 10.1 Å². The Kier molecular flexibility index (Phi) is 6.27. The van der Waals surface area contributed by atoms with Crippen LogP contribution in [0, 0.1) is 6.92 Å².